The number of benzene rings is 4. The number of hydrazine groups is 1. The molecule has 1 saturated heterocycles. The summed E-state index contributed by atoms with van der Waals surface area (Å²) in [5.41, 5.74) is 5.55. The highest BCUT2D eigenvalue weighted by molar-refractivity contribution is 5.95. The van der Waals surface area contributed by atoms with Crippen LogP contribution in [-0.4, -0.2) is 35.8 Å². The Balaban J connectivity index is 1.35. The van der Waals surface area contributed by atoms with Crippen LogP contribution in [0.5, 0.6) is 0 Å². The van der Waals surface area contributed by atoms with Crippen molar-refractivity contribution in [1.29, 1.82) is 0 Å². The number of halogens is 3. The Kier molecular flexibility index (Phi) is 8.34. The number of carbonyl (C=O) groups excluding carboxylic acids is 2. The van der Waals surface area contributed by atoms with Crippen LogP contribution in [0.2, 0.25) is 0 Å². The zero-order valence-electron chi connectivity index (χ0n) is 23.5. The van der Waals surface area contributed by atoms with Crippen molar-refractivity contribution in [3.63, 3.8) is 0 Å². The molecule has 0 radical (unpaired) electrons. The van der Waals surface area contributed by atoms with E-state index >= 15 is 0 Å². The van der Waals surface area contributed by atoms with E-state index in [9.17, 15) is 22.8 Å². The first-order valence-corrected chi connectivity index (χ1v) is 13.9. The van der Waals surface area contributed by atoms with Crippen molar-refractivity contribution in [2.24, 2.45) is 0 Å². The lowest BCUT2D eigenvalue weighted by Gasteiger charge is -2.43. The SMILES string of the molecule is CC(C)N(NC(=O)C1(c2ccc(F)cc2)CCN(C(=O)c2ccc(-c3ccc(F)cc3)cc2)CC1)c1ccc(F)cc1. The minimum atomic E-state index is -1.01. The summed E-state index contributed by atoms with van der Waals surface area (Å²) in [6.45, 7) is 4.47. The molecule has 0 aliphatic carbocycles. The zero-order chi connectivity index (χ0) is 29.9. The average molecular weight is 572 g/mol. The molecule has 1 aliphatic heterocycles. The van der Waals surface area contributed by atoms with Crippen LogP contribution in [0, 0.1) is 17.5 Å². The summed E-state index contributed by atoms with van der Waals surface area (Å²) in [5.74, 6) is -1.51. The molecule has 0 bridgehead atoms. The molecule has 1 aliphatic rings. The van der Waals surface area contributed by atoms with Gasteiger partial charge in [-0.25, -0.2) is 13.2 Å². The number of piperidine rings is 1. The van der Waals surface area contributed by atoms with Crippen molar-refractivity contribution in [2.45, 2.75) is 38.1 Å². The molecule has 4 aromatic rings. The van der Waals surface area contributed by atoms with Crippen LogP contribution < -0.4 is 10.4 Å². The number of nitrogens with zero attached hydrogens (tertiary/aromatic N) is 2. The van der Waals surface area contributed by atoms with Crippen LogP contribution in [0.3, 0.4) is 0 Å². The van der Waals surface area contributed by atoms with Gasteiger partial charge in [-0.2, -0.15) is 0 Å². The maximum atomic E-state index is 14.1. The van der Waals surface area contributed by atoms with Gasteiger partial charge in [-0.1, -0.05) is 36.4 Å². The van der Waals surface area contributed by atoms with Crippen molar-refractivity contribution in [1.82, 2.24) is 10.3 Å². The van der Waals surface area contributed by atoms with Crippen LogP contribution in [0.1, 0.15) is 42.6 Å². The molecule has 0 unspecified atom stereocenters. The van der Waals surface area contributed by atoms with Gasteiger partial charge >= 0.3 is 0 Å². The Morgan fingerprint density at radius 3 is 1.67 bits per heavy atom. The van der Waals surface area contributed by atoms with E-state index in [-0.39, 0.29) is 29.5 Å². The van der Waals surface area contributed by atoms with Gasteiger partial charge in [0.15, 0.2) is 0 Å². The second-order valence-electron chi connectivity index (χ2n) is 10.8. The third-order valence-electron chi connectivity index (χ3n) is 7.89. The van der Waals surface area contributed by atoms with E-state index in [1.807, 2.05) is 26.0 Å². The van der Waals surface area contributed by atoms with Crippen molar-refractivity contribution in [3.8, 4) is 11.1 Å². The summed E-state index contributed by atoms with van der Waals surface area (Å²) in [7, 11) is 0. The van der Waals surface area contributed by atoms with Crippen LogP contribution in [-0.2, 0) is 10.2 Å². The molecule has 0 aromatic heterocycles. The van der Waals surface area contributed by atoms with Gasteiger partial charge in [0.05, 0.1) is 11.1 Å². The van der Waals surface area contributed by atoms with Gasteiger partial charge in [-0.15, -0.1) is 0 Å². The first-order chi connectivity index (χ1) is 20.2. The topological polar surface area (TPSA) is 52.7 Å². The molecule has 1 fully saturated rings. The van der Waals surface area contributed by atoms with Gasteiger partial charge in [0.1, 0.15) is 17.5 Å². The molecular formula is C34H32F3N3O2. The van der Waals surface area contributed by atoms with E-state index in [1.165, 1.54) is 36.4 Å². The van der Waals surface area contributed by atoms with Crippen molar-refractivity contribution in [3.05, 3.63) is 126 Å². The average Bonchev–Trinajstić information content (AvgIpc) is 3.00. The lowest BCUT2D eigenvalue weighted by atomic mass is 9.72. The summed E-state index contributed by atoms with van der Waals surface area (Å²) >= 11 is 0. The van der Waals surface area contributed by atoms with Crippen molar-refractivity contribution < 1.29 is 22.8 Å². The molecule has 42 heavy (non-hydrogen) atoms. The van der Waals surface area contributed by atoms with Crippen molar-refractivity contribution >= 4 is 17.5 Å². The molecule has 1 heterocycles. The van der Waals surface area contributed by atoms with Crippen molar-refractivity contribution in [2.75, 3.05) is 18.1 Å². The van der Waals surface area contributed by atoms with E-state index in [2.05, 4.69) is 5.43 Å². The number of hydrogen-bond donors (Lipinski definition) is 1. The smallest absolute Gasteiger partial charge is 0.253 e. The van der Waals surface area contributed by atoms with E-state index in [0.29, 0.717) is 42.7 Å². The fourth-order valence-corrected chi connectivity index (χ4v) is 5.45. The Bertz CT molecular complexity index is 1530. The van der Waals surface area contributed by atoms with Gasteiger partial charge in [-0.3, -0.25) is 20.0 Å². The fourth-order valence-electron chi connectivity index (χ4n) is 5.45. The van der Waals surface area contributed by atoms with E-state index in [1.54, 1.807) is 58.4 Å². The van der Waals surface area contributed by atoms with Gasteiger partial charge in [0, 0.05) is 24.7 Å². The standard InChI is InChI=1S/C34H32F3N3O2/c1-23(2)40(31-17-15-30(37)16-18-31)38-33(42)34(27-9-13-29(36)14-10-27)19-21-39(22-20-34)32(41)26-5-3-24(4-6-26)25-7-11-28(35)12-8-25/h3-18,23H,19-22H2,1-2H3,(H,38,42). The summed E-state index contributed by atoms with van der Waals surface area (Å²) in [5, 5.41) is 1.69. The lowest BCUT2D eigenvalue weighted by Crippen LogP contribution is -2.57. The molecule has 0 saturated carbocycles. The van der Waals surface area contributed by atoms with Crippen LogP contribution in [0.4, 0.5) is 18.9 Å². The number of likely N-dealkylation sites (tertiary alicyclic amines) is 1. The zero-order valence-corrected chi connectivity index (χ0v) is 23.5. The van der Waals surface area contributed by atoms with Crippen LogP contribution in [0.15, 0.2) is 97.1 Å². The molecule has 4 aromatic carbocycles. The van der Waals surface area contributed by atoms with Gasteiger partial charge in [-0.05, 0) is 104 Å². The summed E-state index contributed by atoms with van der Waals surface area (Å²) in [4.78, 5) is 29.2. The largest absolute Gasteiger partial charge is 0.339 e. The van der Waals surface area contributed by atoms with E-state index < -0.39 is 11.2 Å². The number of rotatable bonds is 7. The van der Waals surface area contributed by atoms with Crippen LogP contribution in [0.25, 0.3) is 11.1 Å². The molecule has 1 N–H and O–H groups in total. The normalized spacial score (nSPS) is 14.5. The first-order valence-electron chi connectivity index (χ1n) is 13.9. The second kappa shape index (κ2) is 12.1. The molecule has 216 valence electrons. The highest BCUT2D eigenvalue weighted by Gasteiger charge is 2.44. The molecule has 0 spiro atoms. The Hall–Kier alpha value is -4.59. The third-order valence-corrected chi connectivity index (χ3v) is 7.89. The molecular weight excluding hydrogens is 539 g/mol. The number of nitrogens with one attached hydrogen (secondary N) is 1. The minimum absolute atomic E-state index is 0.135. The summed E-state index contributed by atoms with van der Waals surface area (Å²) in [6.07, 6.45) is 0.665. The predicted molar refractivity (Wildman–Crippen MR) is 157 cm³/mol. The molecule has 5 nitrogen and oxygen atoms in total. The fraction of sp³-hybridized carbons (Fsp3) is 0.235. The lowest BCUT2D eigenvalue weighted by molar-refractivity contribution is -0.128. The summed E-state index contributed by atoms with van der Waals surface area (Å²) < 4.78 is 40.7. The maximum Gasteiger partial charge on any atom is 0.253 e. The molecule has 8 heteroatoms. The third kappa shape index (κ3) is 6.03. The predicted octanol–water partition coefficient (Wildman–Crippen LogP) is 6.89. The molecule has 2 amide bonds. The van der Waals surface area contributed by atoms with Gasteiger partial charge < -0.3 is 4.90 Å². The summed E-state index contributed by atoms with van der Waals surface area (Å²) in [6, 6.07) is 25.0. The molecule has 0 atom stereocenters. The first kappa shape index (κ1) is 28.9. The number of anilines is 1. The monoisotopic (exact) mass is 571 g/mol. The van der Waals surface area contributed by atoms with Gasteiger partial charge in [0.25, 0.3) is 5.91 Å². The Morgan fingerprint density at radius 2 is 1.17 bits per heavy atom. The number of hydrogen-bond acceptors (Lipinski definition) is 3. The highest BCUT2D eigenvalue weighted by atomic mass is 19.1. The molecule has 5 rings (SSSR count). The number of carbonyl (C=O) groups is 2. The Labute approximate surface area is 243 Å². The maximum absolute atomic E-state index is 14.1. The Morgan fingerprint density at radius 1 is 0.714 bits per heavy atom. The quantitative estimate of drug-likeness (QED) is 0.246. The second-order valence-corrected chi connectivity index (χ2v) is 10.8. The number of amides is 2. The van der Waals surface area contributed by atoms with E-state index in [4.69, 9.17) is 0 Å². The van der Waals surface area contributed by atoms with Gasteiger partial charge in [0.2, 0.25) is 5.91 Å². The highest BCUT2D eigenvalue weighted by Crippen LogP contribution is 2.37. The minimum Gasteiger partial charge on any atom is -0.339 e. The van der Waals surface area contributed by atoms with E-state index in [0.717, 1.165) is 11.1 Å². The van der Waals surface area contributed by atoms with Crippen LogP contribution >= 0.6 is 0 Å².